The molecule has 0 atom stereocenters. The zero-order chi connectivity index (χ0) is 23.4. The summed E-state index contributed by atoms with van der Waals surface area (Å²) < 4.78 is 33.0. The predicted octanol–water partition coefficient (Wildman–Crippen LogP) is 4.40. The van der Waals surface area contributed by atoms with Crippen molar-refractivity contribution in [1.82, 2.24) is 10.2 Å². The lowest BCUT2D eigenvalue weighted by Crippen LogP contribution is -2.01. The Morgan fingerprint density at radius 1 is 0.909 bits per heavy atom. The van der Waals surface area contributed by atoms with E-state index in [0.717, 1.165) is 23.8 Å². The van der Waals surface area contributed by atoms with Gasteiger partial charge in [-0.15, -0.1) is 10.2 Å². The molecule has 9 nitrogen and oxygen atoms in total. The van der Waals surface area contributed by atoms with Crippen LogP contribution in [0.15, 0.2) is 50.0 Å². The Balaban J connectivity index is 1.54. The third kappa shape index (κ3) is 4.62. The SMILES string of the molecule is CCCc1cc(=O)oc2cc(OCc3nnc(-c4cc(OC)c(OC)c(OC)c4)o3)ccc12. The number of rotatable bonds is 9. The van der Waals surface area contributed by atoms with E-state index < -0.39 is 0 Å². The van der Waals surface area contributed by atoms with Crippen LogP contribution >= 0.6 is 0 Å². The second kappa shape index (κ2) is 9.64. The van der Waals surface area contributed by atoms with Crippen LogP contribution in [0.5, 0.6) is 23.0 Å². The zero-order valence-electron chi connectivity index (χ0n) is 18.8. The first-order chi connectivity index (χ1) is 16.1. The highest BCUT2D eigenvalue weighted by Gasteiger charge is 2.18. The lowest BCUT2D eigenvalue weighted by atomic mass is 10.1. The summed E-state index contributed by atoms with van der Waals surface area (Å²) in [4.78, 5) is 11.9. The van der Waals surface area contributed by atoms with Gasteiger partial charge in [0.15, 0.2) is 18.1 Å². The molecule has 33 heavy (non-hydrogen) atoms. The molecule has 2 aromatic carbocycles. The first-order valence-electron chi connectivity index (χ1n) is 10.4. The van der Waals surface area contributed by atoms with Gasteiger partial charge in [0.1, 0.15) is 11.3 Å². The highest BCUT2D eigenvalue weighted by Crippen LogP contribution is 2.40. The monoisotopic (exact) mass is 452 g/mol. The zero-order valence-corrected chi connectivity index (χ0v) is 18.8. The third-order valence-electron chi connectivity index (χ3n) is 5.06. The summed E-state index contributed by atoms with van der Waals surface area (Å²) in [6.45, 7) is 2.11. The first-order valence-corrected chi connectivity index (χ1v) is 10.4. The van der Waals surface area contributed by atoms with Crippen molar-refractivity contribution in [3.63, 3.8) is 0 Å². The summed E-state index contributed by atoms with van der Waals surface area (Å²) in [5.74, 6) is 2.50. The molecule has 4 aromatic rings. The Labute approximate surface area is 189 Å². The largest absolute Gasteiger partial charge is 0.493 e. The summed E-state index contributed by atoms with van der Waals surface area (Å²) in [5, 5.41) is 9.03. The molecule has 0 aliphatic rings. The van der Waals surface area contributed by atoms with Crippen molar-refractivity contribution in [2.24, 2.45) is 0 Å². The van der Waals surface area contributed by atoms with Gasteiger partial charge in [-0.3, -0.25) is 0 Å². The van der Waals surface area contributed by atoms with E-state index in [1.807, 2.05) is 12.1 Å². The molecule has 9 heteroatoms. The second-order valence-corrected chi connectivity index (χ2v) is 7.20. The van der Waals surface area contributed by atoms with Crippen LogP contribution in [0.3, 0.4) is 0 Å². The number of aromatic nitrogens is 2. The van der Waals surface area contributed by atoms with Gasteiger partial charge >= 0.3 is 5.63 Å². The molecule has 0 aliphatic heterocycles. The molecule has 4 rings (SSSR count). The molecular weight excluding hydrogens is 428 g/mol. The first kappa shape index (κ1) is 22.2. The van der Waals surface area contributed by atoms with Gasteiger partial charge in [-0.1, -0.05) is 13.3 Å². The smallest absolute Gasteiger partial charge is 0.336 e. The molecule has 0 aliphatic carbocycles. The van der Waals surface area contributed by atoms with Crippen LogP contribution in [-0.4, -0.2) is 31.5 Å². The van der Waals surface area contributed by atoms with Crippen LogP contribution in [-0.2, 0) is 13.0 Å². The molecule has 172 valence electrons. The summed E-state index contributed by atoms with van der Waals surface area (Å²) >= 11 is 0. The fourth-order valence-electron chi connectivity index (χ4n) is 3.55. The molecule has 0 unspecified atom stereocenters. The van der Waals surface area contributed by atoms with Crippen molar-refractivity contribution >= 4 is 11.0 Å². The van der Waals surface area contributed by atoms with E-state index in [0.29, 0.717) is 34.1 Å². The van der Waals surface area contributed by atoms with Crippen LogP contribution < -0.4 is 24.6 Å². The Kier molecular flexibility index (Phi) is 6.48. The highest BCUT2D eigenvalue weighted by molar-refractivity contribution is 5.81. The highest BCUT2D eigenvalue weighted by atomic mass is 16.5. The van der Waals surface area contributed by atoms with Gasteiger partial charge in [0.05, 0.1) is 21.3 Å². The van der Waals surface area contributed by atoms with Gasteiger partial charge in [-0.2, -0.15) is 0 Å². The van der Waals surface area contributed by atoms with Gasteiger partial charge in [0.2, 0.25) is 11.6 Å². The maximum absolute atomic E-state index is 11.9. The number of methoxy groups -OCH3 is 3. The minimum Gasteiger partial charge on any atom is -0.493 e. The lowest BCUT2D eigenvalue weighted by Gasteiger charge is -2.12. The molecule has 2 heterocycles. The molecule has 0 bridgehead atoms. The molecule has 0 radical (unpaired) electrons. The van der Waals surface area contributed by atoms with E-state index in [1.54, 1.807) is 18.2 Å². The van der Waals surface area contributed by atoms with Crippen LogP contribution in [0.4, 0.5) is 0 Å². The van der Waals surface area contributed by atoms with Gasteiger partial charge in [0, 0.05) is 23.1 Å². The van der Waals surface area contributed by atoms with Gasteiger partial charge in [0.25, 0.3) is 5.89 Å². The topological polar surface area (TPSA) is 106 Å². The summed E-state index contributed by atoms with van der Waals surface area (Å²) in [6.07, 6.45) is 1.73. The number of benzene rings is 2. The quantitative estimate of drug-likeness (QED) is 0.342. The molecule has 2 aromatic heterocycles. The van der Waals surface area contributed by atoms with Crippen molar-refractivity contribution in [3.8, 4) is 34.5 Å². The van der Waals surface area contributed by atoms with E-state index in [-0.39, 0.29) is 24.0 Å². The molecule has 0 saturated carbocycles. The molecular formula is C24H24N2O7. The summed E-state index contributed by atoms with van der Waals surface area (Å²) in [6, 6.07) is 10.4. The maximum Gasteiger partial charge on any atom is 0.336 e. The van der Waals surface area contributed by atoms with Gasteiger partial charge in [-0.05, 0) is 36.2 Å². The lowest BCUT2D eigenvalue weighted by molar-refractivity contribution is 0.264. The minimum atomic E-state index is -0.380. The standard InChI is InChI=1S/C24H24N2O7/c1-5-6-14-11-22(27)32-18-12-16(7-8-17(14)18)31-13-21-25-26-24(33-21)15-9-19(28-2)23(30-4)20(10-15)29-3/h7-12H,5-6,13H2,1-4H3. The Morgan fingerprint density at radius 3 is 2.33 bits per heavy atom. The average Bonchev–Trinajstić information content (AvgIpc) is 3.30. The van der Waals surface area contributed by atoms with Crippen LogP contribution in [0.2, 0.25) is 0 Å². The molecule has 0 amide bonds. The molecule has 0 fully saturated rings. The van der Waals surface area contributed by atoms with E-state index in [9.17, 15) is 4.79 Å². The second-order valence-electron chi connectivity index (χ2n) is 7.20. The average molecular weight is 452 g/mol. The van der Waals surface area contributed by atoms with E-state index in [4.69, 9.17) is 27.8 Å². The van der Waals surface area contributed by atoms with Crippen LogP contribution in [0.25, 0.3) is 22.4 Å². The van der Waals surface area contributed by atoms with Crippen molar-refractivity contribution in [3.05, 3.63) is 58.3 Å². The predicted molar refractivity (Wildman–Crippen MR) is 120 cm³/mol. The minimum absolute atomic E-state index is 0.0435. The van der Waals surface area contributed by atoms with Crippen molar-refractivity contribution < 1.29 is 27.8 Å². The number of hydrogen-bond donors (Lipinski definition) is 0. The number of nitrogens with zero attached hydrogens (tertiary/aromatic N) is 2. The molecule has 0 spiro atoms. The number of ether oxygens (including phenoxy) is 4. The van der Waals surface area contributed by atoms with Crippen LogP contribution in [0.1, 0.15) is 24.8 Å². The fourth-order valence-corrected chi connectivity index (χ4v) is 3.55. The number of fused-ring (bicyclic) bond motifs is 1. The van der Waals surface area contributed by atoms with Gasteiger partial charge in [-0.25, -0.2) is 4.79 Å². The number of hydrogen-bond acceptors (Lipinski definition) is 9. The molecule has 0 N–H and O–H groups in total. The normalized spacial score (nSPS) is 10.9. The Bertz CT molecular complexity index is 1300. The van der Waals surface area contributed by atoms with E-state index in [1.165, 1.54) is 27.4 Å². The Hall–Kier alpha value is -4.01. The molecule has 0 saturated heterocycles. The van der Waals surface area contributed by atoms with Crippen molar-refractivity contribution in [2.45, 2.75) is 26.4 Å². The Morgan fingerprint density at radius 2 is 1.67 bits per heavy atom. The summed E-state index contributed by atoms with van der Waals surface area (Å²) in [7, 11) is 4.60. The van der Waals surface area contributed by atoms with Crippen molar-refractivity contribution in [2.75, 3.05) is 21.3 Å². The van der Waals surface area contributed by atoms with Crippen LogP contribution in [0, 0.1) is 0 Å². The van der Waals surface area contributed by atoms with E-state index in [2.05, 4.69) is 17.1 Å². The van der Waals surface area contributed by atoms with Crippen molar-refractivity contribution in [1.29, 1.82) is 0 Å². The third-order valence-corrected chi connectivity index (χ3v) is 5.06. The fraction of sp³-hybridized carbons (Fsp3) is 0.292. The van der Waals surface area contributed by atoms with E-state index >= 15 is 0 Å². The number of aryl methyl sites for hydroxylation is 1. The maximum atomic E-state index is 11.9. The summed E-state index contributed by atoms with van der Waals surface area (Å²) in [5.41, 5.74) is 1.67. The van der Waals surface area contributed by atoms with Gasteiger partial charge < -0.3 is 27.8 Å².